The first-order chi connectivity index (χ1) is 12.5. The van der Waals surface area contributed by atoms with Crippen molar-refractivity contribution in [3.63, 3.8) is 0 Å². The molecular weight excluding hydrogens is 326 g/mol. The minimum absolute atomic E-state index is 0.0499. The van der Waals surface area contributed by atoms with Gasteiger partial charge in [0.15, 0.2) is 0 Å². The fourth-order valence-corrected chi connectivity index (χ4v) is 3.79. The Morgan fingerprint density at radius 3 is 2.85 bits per heavy atom. The SMILES string of the molecule is Cc1ccc(CCC(=O)N2CCCC2c2nc3cc(C)c(C)cc3[nH]2)o1. The third-order valence-corrected chi connectivity index (χ3v) is 5.39. The minimum Gasteiger partial charge on any atom is -0.466 e. The molecule has 4 rings (SSSR count). The molecule has 1 aromatic carbocycles. The van der Waals surface area contributed by atoms with Gasteiger partial charge < -0.3 is 14.3 Å². The summed E-state index contributed by atoms with van der Waals surface area (Å²) in [5.41, 5.74) is 4.52. The van der Waals surface area contributed by atoms with E-state index < -0.39 is 0 Å². The molecule has 26 heavy (non-hydrogen) atoms. The van der Waals surface area contributed by atoms with Crippen molar-refractivity contribution in [2.75, 3.05) is 6.54 Å². The second-order valence-corrected chi connectivity index (χ2v) is 7.33. The zero-order valence-electron chi connectivity index (χ0n) is 15.6. The standard InChI is InChI=1S/C21H25N3O2/c1-13-11-17-18(12-14(13)2)23-21(22-17)19-5-4-10-24(19)20(25)9-8-16-7-6-15(3)26-16/h6-7,11-12,19H,4-5,8-10H2,1-3H3,(H,22,23). The second-order valence-electron chi connectivity index (χ2n) is 7.33. The lowest BCUT2D eigenvalue weighted by molar-refractivity contribution is -0.132. The summed E-state index contributed by atoms with van der Waals surface area (Å²) in [6, 6.07) is 8.20. The molecule has 0 spiro atoms. The molecular formula is C21H25N3O2. The van der Waals surface area contributed by atoms with Gasteiger partial charge in [0.05, 0.1) is 17.1 Å². The average Bonchev–Trinajstić information content (AvgIpc) is 3.32. The fourth-order valence-electron chi connectivity index (χ4n) is 3.79. The Labute approximate surface area is 153 Å². The van der Waals surface area contributed by atoms with E-state index in [1.165, 1.54) is 11.1 Å². The van der Waals surface area contributed by atoms with Crippen molar-refractivity contribution in [2.24, 2.45) is 0 Å². The number of furan rings is 1. The van der Waals surface area contributed by atoms with Crippen LogP contribution in [0.1, 0.15) is 53.8 Å². The van der Waals surface area contributed by atoms with E-state index in [9.17, 15) is 4.79 Å². The molecule has 0 bridgehead atoms. The van der Waals surface area contributed by atoms with Crippen molar-refractivity contribution in [2.45, 2.75) is 52.5 Å². The summed E-state index contributed by atoms with van der Waals surface area (Å²) in [5.74, 6) is 2.85. The van der Waals surface area contributed by atoms with Crippen molar-refractivity contribution >= 4 is 16.9 Å². The molecule has 5 heteroatoms. The molecule has 1 atom stereocenters. The highest BCUT2D eigenvalue weighted by Crippen LogP contribution is 2.32. The Bertz CT molecular complexity index is 914. The highest BCUT2D eigenvalue weighted by Gasteiger charge is 2.31. The third-order valence-electron chi connectivity index (χ3n) is 5.39. The molecule has 1 fully saturated rings. The molecule has 3 aromatic rings. The fraction of sp³-hybridized carbons (Fsp3) is 0.429. The Morgan fingerprint density at radius 2 is 2.08 bits per heavy atom. The Hall–Kier alpha value is -2.56. The molecule has 1 aliphatic rings. The van der Waals surface area contributed by atoms with Crippen LogP contribution < -0.4 is 0 Å². The van der Waals surface area contributed by atoms with Crippen molar-refractivity contribution < 1.29 is 9.21 Å². The number of benzene rings is 1. The lowest BCUT2D eigenvalue weighted by Gasteiger charge is -2.23. The number of likely N-dealkylation sites (tertiary alicyclic amines) is 1. The zero-order chi connectivity index (χ0) is 18.3. The Balaban J connectivity index is 1.51. The Kier molecular flexibility index (Phi) is 4.31. The van der Waals surface area contributed by atoms with E-state index in [4.69, 9.17) is 9.40 Å². The predicted octanol–water partition coefficient (Wildman–Crippen LogP) is 4.38. The van der Waals surface area contributed by atoms with Gasteiger partial charge in [0.2, 0.25) is 5.91 Å². The monoisotopic (exact) mass is 351 g/mol. The van der Waals surface area contributed by atoms with Crippen molar-refractivity contribution in [3.05, 3.63) is 52.7 Å². The predicted molar refractivity (Wildman–Crippen MR) is 101 cm³/mol. The van der Waals surface area contributed by atoms with Gasteiger partial charge in [-0.2, -0.15) is 0 Å². The molecule has 0 saturated carbocycles. The van der Waals surface area contributed by atoms with E-state index in [0.29, 0.717) is 12.8 Å². The number of rotatable bonds is 4. The number of imidazole rings is 1. The molecule has 136 valence electrons. The summed E-state index contributed by atoms with van der Waals surface area (Å²) in [7, 11) is 0. The van der Waals surface area contributed by atoms with Crippen LogP contribution in [0.4, 0.5) is 0 Å². The molecule has 3 heterocycles. The second kappa shape index (κ2) is 6.63. The molecule has 2 aromatic heterocycles. The summed E-state index contributed by atoms with van der Waals surface area (Å²) in [6.07, 6.45) is 3.10. The van der Waals surface area contributed by atoms with E-state index in [0.717, 1.165) is 47.8 Å². The number of nitrogens with zero attached hydrogens (tertiary/aromatic N) is 2. The Morgan fingerprint density at radius 1 is 1.27 bits per heavy atom. The van der Waals surface area contributed by atoms with E-state index in [-0.39, 0.29) is 11.9 Å². The lowest BCUT2D eigenvalue weighted by atomic mass is 10.1. The topological polar surface area (TPSA) is 62.1 Å². The number of hydrogen-bond donors (Lipinski definition) is 1. The van der Waals surface area contributed by atoms with Gasteiger partial charge in [-0.05, 0) is 69.0 Å². The van der Waals surface area contributed by atoms with Gasteiger partial charge in [0, 0.05) is 19.4 Å². The maximum Gasteiger partial charge on any atom is 0.223 e. The normalized spacial score (nSPS) is 17.3. The van der Waals surface area contributed by atoms with Crippen LogP contribution in [0.2, 0.25) is 0 Å². The van der Waals surface area contributed by atoms with Gasteiger partial charge in [0.25, 0.3) is 0 Å². The summed E-state index contributed by atoms with van der Waals surface area (Å²) in [4.78, 5) is 23.0. The number of aromatic nitrogens is 2. The van der Waals surface area contributed by atoms with Crippen LogP contribution in [0, 0.1) is 20.8 Å². The van der Waals surface area contributed by atoms with Crippen molar-refractivity contribution in [3.8, 4) is 0 Å². The van der Waals surface area contributed by atoms with Crippen LogP contribution in [0.25, 0.3) is 11.0 Å². The molecule has 1 N–H and O–H groups in total. The molecule has 1 unspecified atom stereocenters. The number of carbonyl (C=O) groups excluding carboxylic acids is 1. The van der Waals surface area contributed by atoms with Gasteiger partial charge in [-0.3, -0.25) is 4.79 Å². The van der Waals surface area contributed by atoms with Gasteiger partial charge in [-0.15, -0.1) is 0 Å². The molecule has 0 aliphatic carbocycles. The van der Waals surface area contributed by atoms with Gasteiger partial charge in [-0.1, -0.05) is 0 Å². The van der Waals surface area contributed by atoms with Crippen LogP contribution in [0.15, 0.2) is 28.7 Å². The summed E-state index contributed by atoms with van der Waals surface area (Å²) >= 11 is 0. The largest absolute Gasteiger partial charge is 0.466 e. The quantitative estimate of drug-likeness (QED) is 0.759. The first-order valence-corrected chi connectivity index (χ1v) is 9.33. The molecule has 1 amide bonds. The maximum atomic E-state index is 12.8. The smallest absolute Gasteiger partial charge is 0.223 e. The van der Waals surface area contributed by atoms with E-state index in [1.54, 1.807) is 0 Å². The number of aromatic amines is 1. The summed E-state index contributed by atoms with van der Waals surface area (Å²) < 4.78 is 5.58. The van der Waals surface area contributed by atoms with Crippen molar-refractivity contribution in [1.29, 1.82) is 0 Å². The van der Waals surface area contributed by atoms with E-state index >= 15 is 0 Å². The number of nitrogens with one attached hydrogen (secondary N) is 1. The minimum atomic E-state index is 0.0499. The molecule has 5 nitrogen and oxygen atoms in total. The van der Waals surface area contributed by atoms with E-state index in [2.05, 4.69) is 31.0 Å². The van der Waals surface area contributed by atoms with Crippen LogP contribution >= 0.6 is 0 Å². The highest BCUT2D eigenvalue weighted by atomic mass is 16.3. The first-order valence-electron chi connectivity index (χ1n) is 9.33. The van der Waals surface area contributed by atoms with Crippen LogP contribution in [0.5, 0.6) is 0 Å². The number of fused-ring (bicyclic) bond motifs is 1. The average molecular weight is 351 g/mol. The number of carbonyl (C=O) groups is 1. The highest BCUT2D eigenvalue weighted by molar-refractivity contribution is 5.79. The van der Waals surface area contributed by atoms with Gasteiger partial charge in [-0.25, -0.2) is 4.98 Å². The van der Waals surface area contributed by atoms with Crippen LogP contribution in [0.3, 0.4) is 0 Å². The number of aryl methyl sites for hydroxylation is 4. The summed E-state index contributed by atoms with van der Waals surface area (Å²) in [6.45, 7) is 6.94. The zero-order valence-corrected chi connectivity index (χ0v) is 15.6. The summed E-state index contributed by atoms with van der Waals surface area (Å²) in [5, 5.41) is 0. The number of hydrogen-bond acceptors (Lipinski definition) is 3. The first kappa shape index (κ1) is 16.9. The third kappa shape index (κ3) is 3.14. The lowest BCUT2D eigenvalue weighted by Crippen LogP contribution is -2.31. The molecule has 0 radical (unpaired) electrons. The van der Waals surface area contributed by atoms with Crippen molar-refractivity contribution in [1.82, 2.24) is 14.9 Å². The molecule has 1 saturated heterocycles. The number of amides is 1. The van der Waals surface area contributed by atoms with Gasteiger partial charge in [0.1, 0.15) is 17.3 Å². The van der Waals surface area contributed by atoms with E-state index in [1.807, 2.05) is 24.0 Å². The maximum absolute atomic E-state index is 12.8. The molecule has 1 aliphatic heterocycles. The van der Waals surface area contributed by atoms with Crippen LogP contribution in [-0.2, 0) is 11.2 Å². The number of H-pyrrole nitrogens is 1. The van der Waals surface area contributed by atoms with Gasteiger partial charge >= 0.3 is 0 Å². The van der Waals surface area contributed by atoms with Crippen LogP contribution in [-0.4, -0.2) is 27.3 Å².